The minimum Gasteiger partial charge on any atom is -0.444 e. The van der Waals surface area contributed by atoms with Gasteiger partial charge in [0.2, 0.25) is 0 Å². The zero-order chi connectivity index (χ0) is 22.1. The molecule has 3 heterocycles. The molecule has 0 bridgehead atoms. The molecule has 0 saturated carbocycles. The average Bonchev–Trinajstić information content (AvgIpc) is 3.24. The molecular formula is C24H31ClN2O3S. The van der Waals surface area contributed by atoms with E-state index in [4.69, 9.17) is 26.1 Å². The average molecular weight is 463 g/mol. The lowest BCUT2D eigenvalue weighted by Gasteiger charge is -2.37. The van der Waals surface area contributed by atoms with Crippen LogP contribution in [0, 0.1) is 0 Å². The number of likely N-dealkylation sites (tertiary alicyclic amines) is 1. The molecule has 0 radical (unpaired) electrons. The number of benzene rings is 1. The van der Waals surface area contributed by atoms with Gasteiger partial charge in [0.05, 0.1) is 10.7 Å². The van der Waals surface area contributed by atoms with Gasteiger partial charge in [0, 0.05) is 48.0 Å². The number of aromatic nitrogens is 1. The van der Waals surface area contributed by atoms with E-state index in [-0.39, 0.29) is 17.4 Å². The lowest BCUT2D eigenvalue weighted by molar-refractivity contribution is 0.0198. The molecule has 4 rings (SSSR count). The van der Waals surface area contributed by atoms with Crippen molar-refractivity contribution in [2.75, 3.05) is 26.3 Å². The van der Waals surface area contributed by atoms with Crippen LogP contribution in [0.25, 0.3) is 0 Å². The topological polar surface area (TPSA) is 51.7 Å². The number of carbonyl (C=O) groups is 1. The Kier molecular flexibility index (Phi) is 6.61. The van der Waals surface area contributed by atoms with Gasteiger partial charge in [-0.25, -0.2) is 9.78 Å². The van der Waals surface area contributed by atoms with Gasteiger partial charge in [-0.1, -0.05) is 23.7 Å². The molecule has 2 aliphatic rings. The van der Waals surface area contributed by atoms with E-state index in [1.165, 1.54) is 5.56 Å². The maximum atomic E-state index is 12.6. The van der Waals surface area contributed by atoms with Crippen molar-refractivity contribution in [2.24, 2.45) is 0 Å². The van der Waals surface area contributed by atoms with Crippen LogP contribution in [-0.2, 0) is 14.9 Å². The Balaban J connectivity index is 1.57. The molecule has 1 atom stereocenters. The van der Waals surface area contributed by atoms with Crippen molar-refractivity contribution in [1.29, 1.82) is 0 Å². The van der Waals surface area contributed by atoms with Gasteiger partial charge in [-0.05, 0) is 64.2 Å². The van der Waals surface area contributed by atoms with E-state index in [2.05, 4.69) is 17.5 Å². The van der Waals surface area contributed by atoms with E-state index in [9.17, 15) is 4.79 Å². The Morgan fingerprint density at radius 1 is 1.32 bits per heavy atom. The molecule has 5 nitrogen and oxygen atoms in total. The maximum Gasteiger partial charge on any atom is 0.410 e. The second-order valence-electron chi connectivity index (χ2n) is 9.54. The molecule has 168 valence electrons. The van der Waals surface area contributed by atoms with Gasteiger partial charge >= 0.3 is 6.09 Å². The van der Waals surface area contributed by atoms with E-state index in [1.54, 1.807) is 11.3 Å². The van der Waals surface area contributed by atoms with Crippen LogP contribution in [0.5, 0.6) is 0 Å². The zero-order valence-electron chi connectivity index (χ0n) is 18.5. The lowest BCUT2D eigenvalue weighted by atomic mass is 9.72. The third-order valence-corrected chi connectivity index (χ3v) is 7.40. The molecule has 1 aromatic heterocycles. The van der Waals surface area contributed by atoms with E-state index in [1.807, 2.05) is 37.8 Å². The summed E-state index contributed by atoms with van der Waals surface area (Å²) in [5.74, 6) is 0.247. The van der Waals surface area contributed by atoms with Crippen LogP contribution in [-0.4, -0.2) is 47.9 Å². The second-order valence-corrected chi connectivity index (χ2v) is 10.9. The quantitative estimate of drug-likeness (QED) is 0.560. The number of nitrogens with zero attached hydrogens (tertiary/aromatic N) is 2. The van der Waals surface area contributed by atoms with Gasteiger partial charge in [0.25, 0.3) is 0 Å². The van der Waals surface area contributed by atoms with Crippen LogP contribution >= 0.6 is 22.9 Å². The molecular weight excluding hydrogens is 432 g/mol. The predicted molar refractivity (Wildman–Crippen MR) is 124 cm³/mol. The van der Waals surface area contributed by atoms with Crippen molar-refractivity contribution < 1.29 is 14.3 Å². The first-order valence-corrected chi connectivity index (χ1v) is 12.3. The minimum absolute atomic E-state index is 0.169. The van der Waals surface area contributed by atoms with E-state index in [0.717, 1.165) is 61.2 Å². The van der Waals surface area contributed by atoms with Crippen molar-refractivity contribution in [2.45, 2.75) is 63.4 Å². The second kappa shape index (κ2) is 9.08. The predicted octanol–water partition coefficient (Wildman–Crippen LogP) is 6.01. The van der Waals surface area contributed by atoms with Crippen LogP contribution in [0.3, 0.4) is 0 Å². The maximum absolute atomic E-state index is 12.6. The summed E-state index contributed by atoms with van der Waals surface area (Å²) in [6.07, 6.45) is 3.57. The summed E-state index contributed by atoms with van der Waals surface area (Å²) >= 11 is 8.04. The number of hydrogen-bond donors (Lipinski definition) is 0. The van der Waals surface area contributed by atoms with Crippen LogP contribution in [0.15, 0.2) is 29.6 Å². The molecule has 1 unspecified atom stereocenters. The van der Waals surface area contributed by atoms with E-state index >= 15 is 0 Å². The summed E-state index contributed by atoms with van der Waals surface area (Å²) in [7, 11) is 0. The fourth-order valence-corrected chi connectivity index (χ4v) is 5.80. The number of ether oxygens (including phenoxy) is 2. The van der Waals surface area contributed by atoms with Crippen molar-refractivity contribution in [1.82, 2.24) is 9.88 Å². The molecule has 2 aromatic rings. The van der Waals surface area contributed by atoms with Crippen molar-refractivity contribution in [3.8, 4) is 0 Å². The third kappa shape index (κ3) is 5.07. The highest BCUT2D eigenvalue weighted by Crippen LogP contribution is 2.43. The molecule has 1 amide bonds. The Morgan fingerprint density at radius 2 is 2.10 bits per heavy atom. The monoisotopic (exact) mass is 462 g/mol. The van der Waals surface area contributed by atoms with Crippen molar-refractivity contribution >= 4 is 29.0 Å². The summed E-state index contributed by atoms with van der Waals surface area (Å²) < 4.78 is 11.3. The molecule has 2 fully saturated rings. The fraction of sp³-hybridized carbons (Fsp3) is 0.583. The number of hydrogen-bond acceptors (Lipinski definition) is 5. The Morgan fingerprint density at radius 3 is 2.81 bits per heavy atom. The SMILES string of the molecule is CC(C)(C)OC(=O)N1CCCC(c2nc(C3(c4cccc(Cl)c4)CCOCC3)cs2)C1. The molecule has 0 spiro atoms. The standard InChI is InChI=1S/C24H31ClN2O3S/c1-23(2,3)30-22(28)27-11-5-6-17(15-27)21-26-20(16-31-21)24(9-12-29-13-10-24)18-7-4-8-19(25)14-18/h4,7-8,14,16-17H,5-6,9-13,15H2,1-3H3. The lowest BCUT2D eigenvalue weighted by Crippen LogP contribution is -2.42. The van der Waals surface area contributed by atoms with Gasteiger partial charge < -0.3 is 14.4 Å². The number of piperidine rings is 1. The number of thiazole rings is 1. The Labute approximate surface area is 193 Å². The number of amides is 1. The molecule has 0 N–H and O–H groups in total. The van der Waals surface area contributed by atoms with Gasteiger partial charge in [0.1, 0.15) is 5.60 Å². The van der Waals surface area contributed by atoms with Gasteiger partial charge in [-0.15, -0.1) is 11.3 Å². The summed E-state index contributed by atoms with van der Waals surface area (Å²) in [5.41, 5.74) is 1.66. The first-order chi connectivity index (χ1) is 14.8. The number of halogens is 1. The minimum atomic E-state index is -0.481. The smallest absolute Gasteiger partial charge is 0.410 e. The molecule has 0 aliphatic carbocycles. The Bertz CT molecular complexity index is 918. The molecule has 31 heavy (non-hydrogen) atoms. The van der Waals surface area contributed by atoms with Crippen molar-refractivity contribution in [3.63, 3.8) is 0 Å². The summed E-state index contributed by atoms with van der Waals surface area (Å²) in [6.45, 7) is 8.56. The van der Waals surface area contributed by atoms with Gasteiger partial charge in [-0.2, -0.15) is 0 Å². The third-order valence-electron chi connectivity index (χ3n) is 6.16. The summed E-state index contributed by atoms with van der Waals surface area (Å²) in [4.78, 5) is 19.6. The first kappa shape index (κ1) is 22.6. The molecule has 7 heteroatoms. The van der Waals surface area contributed by atoms with Gasteiger partial charge in [-0.3, -0.25) is 0 Å². The fourth-order valence-electron chi connectivity index (χ4n) is 4.56. The normalized spacial score (nSPS) is 21.7. The highest BCUT2D eigenvalue weighted by Gasteiger charge is 2.39. The van der Waals surface area contributed by atoms with Gasteiger partial charge in [0.15, 0.2) is 0 Å². The highest BCUT2D eigenvalue weighted by molar-refractivity contribution is 7.09. The first-order valence-electron chi connectivity index (χ1n) is 11.0. The Hall–Kier alpha value is -1.63. The summed E-state index contributed by atoms with van der Waals surface area (Å²) in [6, 6.07) is 8.15. The highest BCUT2D eigenvalue weighted by atomic mass is 35.5. The summed E-state index contributed by atoms with van der Waals surface area (Å²) in [5, 5.41) is 4.06. The molecule has 2 aliphatic heterocycles. The van der Waals surface area contributed by atoms with Crippen LogP contribution in [0.2, 0.25) is 5.02 Å². The largest absolute Gasteiger partial charge is 0.444 e. The number of rotatable bonds is 3. The van der Waals surface area contributed by atoms with Crippen LogP contribution < -0.4 is 0 Å². The van der Waals surface area contributed by atoms with Crippen LogP contribution in [0.1, 0.15) is 68.6 Å². The van der Waals surface area contributed by atoms with E-state index < -0.39 is 5.60 Å². The van der Waals surface area contributed by atoms with Crippen LogP contribution in [0.4, 0.5) is 4.79 Å². The van der Waals surface area contributed by atoms with Crippen molar-refractivity contribution in [3.05, 3.63) is 50.9 Å². The number of carbonyl (C=O) groups excluding carboxylic acids is 1. The molecule has 1 aromatic carbocycles. The zero-order valence-corrected chi connectivity index (χ0v) is 20.1. The molecule has 2 saturated heterocycles. The van der Waals surface area contributed by atoms with E-state index in [0.29, 0.717) is 6.54 Å².